The van der Waals surface area contributed by atoms with Crippen LogP contribution in [0.5, 0.6) is 11.5 Å². The van der Waals surface area contributed by atoms with E-state index in [1.165, 1.54) is 0 Å². The van der Waals surface area contributed by atoms with Crippen molar-refractivity contribution in [3.8, 4) is 11.5 Å². The highest BCUT2D eigenvalue weighted by Gasteiger charge is 2.14. The molecule has 0 saturated heterocycles. The summed E-state index contributed by atoms with van der Waals surface area (Å²) in [5.74, 6) is 1.74. The van der Waals surface area contributed by atoms with Crippen LogP contribution in [0.1, 0.15) is 16.8 Å². The molecule has 1 aliphatic rings. The van der Waals surface area contributed by atoms with E-state index in [0.717, 1.165) is 6.42 Å². The van der Waals surface area contributed by atoms with Crippen LogP contribution >= 0.6 is 11.6 Å². The van der Waals surface area contributed by atoms with Crippen LogP contribution in [0.15, 0.2) is 18.2 Å². The average Bonchev–Trinajstić information content (AvgIpc) is 2.38. The third kappa shape index (κ3) is 3.03. The van der Waals surface area contributed by atoms with E-state index in [2.05, 4.69) is 5.32 Å². The van der Waals surface area contributed by atoms with E-state index in [0.29, 0.717) is 42.7 Å². The number of carbonyl (C=O) groups excluding carboxylic acids is 1. The van der Waals surface area contributed by atoms with E-state index < -0.39 is 0 Å². The highest BCUT2D eigenvalue weighted by atomic mass is 35.5. The maximum absolute atomic E-state index is 11.8. The molecule has 1 amide bonds. The molecule has 0 bridgehead atoms. The van der Waals surface area contributed by atoms with Crippen LogP contribution in [0.2, 0.25) is 0 Å². The quantitative estimate of drug-likeness (QED) is 0.659. The molecule has 0 saturated carbocycles. The summed E-state index contributed by atoms with van der Waals surface area (Å²) in [5.41, 5.74) is 0.573. The lowest BCUT2D eigenvalue weighted by Crippen LogP contribution is -2.25. The predicted molar refractivity (Wildman–Crippen MR) is 65.1 cm³/mol. The van der Waals surface area contributed by atoms with Gasteiger partial charge in [0.25, 0.3) is 5.91 Å². The van der Waals surface area contributed by atoms with E-state index in [1.807, 2.05) is 0 Å². The minimum absolute atomic E-state index is 0.118. The van der Waals surface area contributed by atoms with Gasteiger partial charge in [0, 0.05) is 18.0 Å². The number of rotatable bonds is 4. The zero-order valence-corrected chi connectivity index (χ0v) is 10.1. The monoisotopic (exact) mass is 255 g/mol. The molecule has 0 fully saturated rings. The van der Waals surface area contributed by atoms with Crippen LogP contribution in [0, 0.1) is 0 Å². The lowest BCUT2D eigenvalue weighted by molar-refractivity contribution is 0.0952. The van der Waals surface area contributed by atoms with Gasteiger partial charge in [-0.15, -0.1) is 11.6 Å². The molecule has 4 nitrogen and oxygen atoms in total. The van der Waals surface area contributed by atoms with Crippen molar-refractivity contribution in [2.75, 3.05) is 25.6 Å². The van der Waals surface area contributed by atoms with E-state index in [4.69, 9.17) is 21.1 Å². The van der Waals surface area contributed by atoms with E-state index in [-0.39, 0.29) is 5.91 Å². The standard InChI is InChI=1S/C12H14ClNO3/c13-4-1-5-14-12(15)9-2-3-10-11(8-9)17-7-6-16-10/h2-3,8H,1,4-7H2,(H,14,15). The molecule has 0 atom stereocenters. The summed E-state index contributed by atoms with van der Waals surface area (Å²) < 4.78 is 10.8. The number of fused-ring (bicyclic) bond motifs is 1. The molecule has 17 heavy (non-hydrogen) atoms. The van der Waals surface area contributed by atoms with Crippen molar-refractivity contribution in [3.63, 3.8) is 0 Å². The Morgan fingerprint density at radius 1 is 1.29 bits per heavy atom. The van der Waals surface area contributed by atoms with Crippen LogP contribution in [-0.2, 0) is 0 Å². The zero-order chi connectivity index (χ0) is 12.1. The average molecular weight is 256 g/mol. The van der Waals surface area contributed by atoms with Crippen molar-refractivity contribution >= 4 is 17.5 Å². The second-order valence-corrected chi connectivity index (χ2v) is 4.03. The zero-order valence-electron chi connectivity index (χ0n) is 9.37. The molecule has 0 radical (unpaired) electrons. The minimum Gasteiger partial charge on any atom is -0.486 e. The number of benzene rings is 1. The van der Waals surface area contributed by atoms with E-state index in [1.54, 1.807) is 18.2 Å². The third-order valence-electron chi connectivity index (χ3n) is 2.40. The number of hydrogen-bond acceptors (Lipinski definition) is 3. The van der Waals surface area contributed by atoms with Gasteiger partial charge in [-0.2, -0.15) is 0 Å². The van der Waals surface area contributed by atoms with Gasteiger partial charge in [0.15, 0.2) is 11.5 Å². The summed E-state index contributed by atoms with van der Waals surface area (Å²) in [5, 5.41) is 2.79. The van der Waals surface area contributed by atoms with Gasteiger partial charge in [-0.25, -0.2) is 0 Å². The summed E-state index contributed by atoms with van der Waals surface area (Å²) in [7, 11) is 0. The predicted octanol–water partition coefficient (Wildman–Crippen LogP) is 1.82. The Bertz CT molecular complexity index is 409. The molecule has 1 N–H and O–H groups in total. The second kappa shape index (κ2) is 5.77. The molecule has 5 heteroatoms. The first kappa shape index (κ1) is 12.0. The highest BCUT2D eigenvalue weighted by molar-refractivity contribution is 6.17. The maximum atomic E-state index is 11.8. The molecule has 1 heterocycles. The number of halogens is 1. The van der Waals surface area contributed by atoms with Crippen LogP contribution in [-0.4, -0.2) is 31.5 Å². The van der Waals surface area contributed by atoms with Crippen molar-refractivity contribution in [1.29, 1.82) is 0 Å². The Kier molecular flexibility index (Phi) is 4.09. The van der Waals surface area contributed by atoms with Crippen LogP contribution in [0.4, 0.5) is 0 Å². The molecule has 1 aromatic rings. The van der Waals surface area contributed by atoms with E-state index >= 15 is 0 Å². The molecule has 0 aliphatic carbocycles. The molecular weight excluding hydrogens is 242 g/mol. The number of ether oxygens (including phenoxy) is 2. The first-order valence-corrected chi connectivity index (χ1v) is 6.08. The Hall–Kier alpha value is -1.42. The minimum atomic E-state index is -0.118. The smallest absolute Gasteiger partial charge is 0.251 e. The molecule has 0 spiro atoms. The SMILES string of the molecule is O=C(NCCCCl)c1ccc2c(c1)OCCO2. The highest BCUT2D eigenvalue weighted by Crippen LogP contribution is 2.30. The van der Waals surface area contributed by atoms with Crippen molar-refractivity contribution in [1.82, 2.24) is 5.32 Å². The summed E-state index contributed by atoms with van der Waals surface area (Å²) in [6, 6.07) is 5.18. The van der Waals surface area contributed by atoms with Crippen molar-refractivity contribution in [2.24, 2.45) is 0 Å². The molecule has 1 aromatic carbocycles. The first-order chi connectivity index (χ1) is 8.31. The van der Waals surface area contributed by atoms with Gasteiger partial charge in [-0.1, -0.05) is 0 Å². The van der Waals surface area contributed by atoms with Gasteiger partial charge >= 0.3 is 0 Å². The summed E-state index contributed by atoms with van der Waals surface area (Å²) in [6.07, 6.45) is 0.762. The van der Waals surface area contributed by atoms with Crippen molar-refractivity contribution < 1.29 is 14.3 Å². The van der Waals surface area contributed by atoms with Gasteiger partial charge in [0.1, 0.15) is 13.2 Å². The van der Waals surface area contributed by atoms with Crippen LogP contribution in [0.25, 0.3) is 0 Å². The molecule has 92 valence electrons. The van der Waals surface area contributed by atoms with E-state index in [9.17, 15) is 4.79 Å². The van der Waals surface area contributed by atoms with Gasteiger partial charge in [0.05, 0.1) is 0 Å². The Morgan fingerprint density at radius 2 is 2.06 bits per heavy atom. The largest absolute Gasteiger partial charge is 0.486 e. The molecule has 0 unspecified atom stereocenters. The van der Waals surface area contributed by atoms with Crippen molar-refractivity contribution in [2.45, 2.75) is 6.42 Å². The summed E-state index contributed by atoms with van der Waals surface area (Å²) >= 11 is 5.54. The second-order valence-electron chi connectivity index (χ2n) is 3.66. The third-order valence-corrected chi connectivity index (χ3v) is 2.67. The lowest BCUT2D eigenvalue weighted by Gasteiger charge is -2.18. The number of amides is 1. The molecule has 0 aromatic heterocycles. The molecule has 1 aliphatic heterocycles. The van der Waals surface area contributed by atoms with Gasteiger partial charge < -0.3 is 14.8 Å². The maximum Gasteiger partial charge on any atom is 0.251 e. The fourth-order valence-corrected chi connectivity index (χ4v) is 1.69. The number of nitrogens with one attached hydrogen (secondary N) is 1. The van der Waals surface area contributed by atoms with Gasteiger partial charge in [-0.05, 0) is 24.6 Å². The number of alkyl halides is 1. The van der Waals surface area contributed by atoms with Gasteiger partial charge in [-0.3, -0.25) is 4.79 Å². The molecular formula is C12H14ClNO3. The van der Waals surface area contributed by atoms with Crippen molar-refractivity contribution in [3.05, 3.63) is 23.8 Å². The molecule has 2 rings (SSSR count). The Morgan fingerprint density at radius 3 is 2.82 bits per heavy atom. The van der Waals surface area contributed by atoms with Crippen LogP contribution < -0.4 is 14.8 Å². The fraction of sp³-hybridized carbons (Fsp3) is 0.417. The number of carbonyl (C=O) groups is 1. The van der Waals surface area contributed by atoms with Gasteiger partial charge in [0.2, 0.25) is 0 Å². The normalized spacial score (nSPS) is 13.2. The summed E-state index contributed by atoms with van der Waals surface area (Å²) in [6.45, 7) is 1.65. The Labute approximate surface area is 105 Å². The summed E-state index contributed by atoms with van der Waals surface area (Å²) in [4.78, 5) is 11.8. The first-order valence-electron chi connectivity index (χ1n) is 5.55. The van der Waals surface area contributed by atoms with Crippen LogP contribution in [0.3, 0.4) is 0 Å². The number of hydrogen-bond donors (Lipinski definition) is 1. The topological polar surface area (TPSA) is 47.6 Å². The lowest BCUT2D eigenvalue weighted by atomic mass is 10.2. The Balaban J connectivity index is 2.03. The fourth-order valence-electron chi connectivity index (χ4n) is 1.56.